The number of hydrogen-bond acceptors (Lipinski definition) is 3. The van der Waals surface area contributed by atoms with E-state index in [1.165, 1.54) is 6.20 Å². The Hall–Kier alpha value is -3.47. The van der Waals surface area contributed by atoms with Gasteiger partial charge in [0.05, 0.1) is 0 Å². The van der Waals surface area contributed by atoms with E-state index in [1.807, 2.05) is 49.4 Å². The molecule has 0 saturated heterocycles. The van der Waals surface area contributed by atoms with E-state index in [4.69, 9.17) is 0 Å². The maximum absolute atomic E-state index is 13.1. The zero-order valence-corrected chi connectivity index (χ0v) is 14.9. The summed E-state index contributed by atoms with van der Waals surface area (Å²) in [5.74, 6) is -0.464. The van der Waals surface area contributed by atoms with Crippen LogP contribution in [0.3, 0.4) is 0 Å². The van der Waals surface area contributed by atoms with Crippen molar-refractivity contribution in [2.45, 2.75) is 19.4 Å². The van der Waals surface area contributed by atoms with Crippen LogP contribution in [-0.2, 0) is 6.42 Å². The van der Waals surface area contributed by atoms with E-state index < -0.39 is 0 Å². The molecule has 5 heteroatoms. The van der Waals surface area contributed by atoms with Gasteiger partial charge in [-0.2, -0.15) is 0 Å². The summed E-state index contributed by atoms with van der Waals surface area (Å²) in [5.41, 5.74) is 3.44. The minimum Gasteiger partial charge on any atom is -0.321 e. The first-order valence-corrected chi connectivity index (χ1v) is 8.87. The van der Waals surface area contributed by atoms with Crippen LogP contribution in [0.15, 0.2) is 72.9 Å². The molecule has 1 aliphatic rings. The SMILES string of the molecule is CC1Cc2ccccc2N1C(=O)c1ccnc(C(=O)Nc2ccccc2)c1. The normalized spacial score (nSPS) is 15.3. The van der Waals surface area contributed by atoms with E-state index in [-0.39, 0.29) is 23.6 Å². The highest BCUT2D eigenvalue weighted by Crippen LogP contribution is 2.33. The minimum absolute atomic E-state index is 0.0738. The van der Waals surface area contributed by atoms with Crippen LogP contribution in [0.25, 0.3) is 0 Å². The molecule has 134 valence electrons. The number of aromatic nitrogens is 1. The first-order chi connectivity index (χ1) is 13.1. The Kier molecular flexibility index (Phi) is 4.42. The summed E-state index contributed by atoms with van der Waals surface area (Å²) in [5, 5.41) is 2.79. The van der Waals surface area contributed by atoms with Crippen LogP contribution in [0, 0.1) is 0 Å². The summed E-state index contributed by atoms with van der Waals surface area (Å²) in [6.45, 7) is 2.03. The monoisotopic (exact) mass is 357 g/mol. The van der Waals surface area contributed by atoms with Gasteiger partial charge in [-0.25, -0.2) is 0 Å². The highest BCUT2D eigenvalue weighted by molar-refractivity contribution is 6.10. The second kappa shape index (κ2) is 7.03. The van der Waals surface area contributed by atoms with Gasteiger partial charge in [0, 0.05) is 29.2 Å². The van der Waals surface area contributed by atoms with Crippen molar-refractivity contribution in [2.24, 2.45) is 0 Å². The first-order valence-electron chi connectivity index (χ1n) is 8.87. The van der Waals surface area contributed by atoms with Gasteiger partial charge in [-0.15, -0.1) is 0 Å². The zero-order valence-electron chi connectivity index (χ0n) is 14.9. The molecule has 1 aliphatic heterocycles. The Morgan fingerprint density at radius 1 is 1.04 bits per heavy atom. The highest BCUT2D eigenvalue weighted by Gasteiger charge is 2.31. The van der Waals surface area contributed by atoms with Gasteiger partial charge in [0.25, 0.3) is 11.8 Å². The Morgan fingerprint density at radius 3 is 2.59 bits per heavy atom. The van der Waals surface area contributed by atoms with Crippen molar-refractivity contribution >= 4 is 23.2 Å². The lowest BCUT2D eigenvalue weighted by molar-refractivity contribution is 0.0981. The average Bonchev–Trinajstić information content (AvgIpc) is 3.04. The van der Waals surface area contributed by atoms with Gasteiger partial charge in [-0.1, -0.05) is 36.4 Å². The van der Waals surface area contributed by atoms with Crippen molar-refractivity contribution in [1.82, 2.24) is 4.98 Å². The summed E-state index contributed by atoms with van der Waals surface area (Å²) in [6.07, 6.45) is 2.33. The lowest BCUT2D eigenvalue weighted by atomic mass is 10.1. The third kappa shape index (κ3) is 3.31. The van der Waals surface area contributed by atoms with Crippen molar-refractivity contribution in [3.8, 4) is 0 Å². The molecule has 0 fully saturated rings. The molecule has 1 N–H and O–H groups in total. The van der Waals surface area contributed by atoms with Crippen LogP contribution in [0.5, 0.6) is 0 Å². The molecule has 3 aromatic rings. The summed E-state index contributed by atoms with van der Waals surface area (Å²) in [4.78, 5) is 31.5. The van der Waals surface area contributed by atoms with Crippen LogP contribution >= 0.6 is 0 Å². The number of rotatable bonds is 3. The second-order valence-electron chi connectivity index (χ2n) is 6.61. The number of para-hydroxylation sites is 2. The summed E-state index contributed by atoms with van der Waals surface area (Å²) in [7, 11) is 0. The van der Waals surface area contributed by atoms with Crippen LogP contribution in [0.2, 0.25) is 0 Å². The standard InChI is InChI=1S/C22H19N3O2/c1-15-13-16-7-5-6-10-20(16)25(15)22(27)17-11-12-23-19(14-17)21(26)24-18-8-3-2-4-9-18/h2-12,14-15H,13H2,1H3,(H,24,26). The number of amides is 2. The van der Waals surface area contributed by atoms with Gasteiger partial charge < -0.3 is 10.2 Å². The van der Waals surface area contributed by atoms with Gasteiger partial charge in [0.1, 0.15) is 5.69 Å². The maximum Gasteiger partial charge on any atom is 0.274 e. The fraction of sp³-hybridized carbons (Fsp3) is 0.136. The largest absolute Gasteiger partial charge is 0.321 e. The molecule has 4 rings (SSSR count). The molecule has 0 saturated carbocycles. The highest BCUT2D eigenvalue weighted by atomic mass is 16.2. The Morgan fingerprint density at radius 2 is 1.78 bits per heavy atom. The van der Waals surface area contributed by atoms with Gasteiger partial charge >= 0.3 is 0 Å². The smallest absolute Gasteiger partial charge is 0.274 e. The predicted molar refractivity (Wildman–Crippen MR) is 105 cm³/mol. The molecule has 0 spiro atoms. The number of carbonyl (C=O) groups is 2. The van der Waals surface area contributed by atoms with Gasteiger partial charge in [0.2, 0.25) is 0 Å². The van der Waals surface area contributed by atoms with Crippen molar-refractivity contribution in [3.05, 3.63) is 89.7 Å². The van der Waals surface area contributed by atoms with E-state index in [9.17, 15) is 9.59 Å². The maximum atomic E-state index is 13.1. The summed E-state index contributed by atoms with van der Waals surface area (Å²) >= 11 is 0. The van der Waals surface area contributed by atoms with Crippen molar-refractivity contribution in [1.29, 1.82) is 0 Å². The van der Waals surface area contributed by atoms with Crippen LogP contribution in [0.1, 0.15) is 33.3 Å². The second-order valence-corrected chi connectivity index (χ2v) is 6.61. The first kappa shape index (κ1) is 17.0. The van der Waals surface area contributed by atoms with Crippen molar-refractivity contribution < 1.29 is 9.59 Å². The van der Waals surface area contributed by atoms with Crippen molar-refractivity contribution in [3.63, 3.8) is 0 Å². The van der Waals surface area contributed by atoms with Gasteiger partial charge in [0.15, 0.2) is 0 Å². The topological polar surface area (TPSA) is 62.3 Å². The van der Waals surface area contributed by atoms with Crippen LogP contribution in [-0.4, -0.2) is 22.8 Å². The summed E-state index contributed by atoms with van der Waals surface area (Å²) in [6, 6.07) is 20.4. The fourth-order valence-electron chi connectivity index (χ4n) is 3.42. The molecule has 0 radical (unpaired) electrons. The molecule has 1 unspecified atom stereocenters. The van der Waals surface area contributed by atoms with E-state index in [0.29, 0.717) is 11.3 Å². The van der Waals surface area contributed by atoms with E-state index in [0.717, 1.165) is 17.7 Å². The Bertz CT molecular complexity index is 1000. The third-order valence-corrected chi connectivity index (χ3v) is 4.70. The van der Waals surface area contributed by atoms with Gasteiger partial charge in [-0.05, 0) is 49.2 Å². The molecule has 2 heterocycles. The average molecular weight is 357 g/mol. The molecule has 0 bridgehead atoms. The predicted octanol–water partition coefficient (Wildman–Crippen LogP) is 3.93. The minimum atomic E-state index is -0.342. The van der Waals surface area contributed by atoms with E-state index in [2.05, 4.69) is 10.3 Å². The molecular formula is C22H19N3O2. The number of fused-ring (bicyclic) bond motifs is 1. The Labute approximate surface area is 157 Å². The number of anilines is 2. The molecule has 1 atom stereocenters. The molecule has 2 aromatic carbocycles. The number of carbonyl (C=O) groups excluding carboxylic acids is 2. The van der Waals surface area contributed by atoms with E-state index >= 15 is 0 Å². The Balaban J connectivity index is 1.59. The zero-order chi connectivity index (χ0) is 18.8. The van der Waals surface area contributed by atoms with Crippen molar-refractivity contribution in [2.75, 3.05) is 10.2 Å². The lowest BCUT2D eigenvalue weighted by Gasteiger charge is -2.23. The number of hydrogen-bond donors (Lipinski definition) is 1. The quantitative estimate of drug-likeness (QED) is 0.773. The molecule has 27 heavy (non-hydrogen) atoms. The van der Waals surface area contributed by atoms with Gasteiger partial charge in [-0.3, -0.25) is 14.6 Å². The lowest BCUT2D eigenvalue weighted by Crippen LogP contribution is -2.35. The van der Waals surface area contributed by atoms with Crippen LogP contribution < -0.4 is 10.2 Å². The summed E-state index contributed by atoms with van der Waals surface area (Å²) < 4.78 is 0. The molecule has 5 nitrogen and oxygen atoms in total. The number of nitrogens with zero attached hydrogens (tertiary/aromatic N) is 2. The van der Waals surface area contributed by atoms with Crippen LogP contribution in [0.4, 0.5) is 11.4 Å². The molecule has 2 amide bonds. The molecule has 0 aliphatic carbocycles. The number of nitrogens with one attached hydrogen (secondary N) is 1. The molecule has 1 aromatic heterocycles. The molecular weight excluding hydrogens is 338 g/mol. The number of pyridine rings is 1. The third-order valence-electron chi connectivity index (χ3n) is 4.70. The fourth-order valence-corrected chi connectivity index (χ4v) is 3.42. The number of benzene rings is 2. The van der Waals surface area contributed by atoms with E-state index in [1.54, 1.807) is 29.2 Å².